The highest BCUT2D eigenvalue weighted by atomic mass is 35.5. The molecule has 0 bridgehead atoms. The van der Waals surface area contributed by atoms with Gasteiger partial charge in [0.2, 0.25) is 0 Å². The van der Waals surface area contributed by atoms with Crippen molar-refractivity contribution < 1.29 is 4.79 Å². The number of thiazole rings is 1. The Morgan fingerprint density at radius 2 is 2.38 bits per heavy atom. The molecule has 1 aromatic heterocycles. The highest BCUT2D eigenvalue weighted by Crippen LogP contribution is 2.18. The van der Waals surface area contributed by atoms with Crippen LogP contribution in [0.2, 0.25) is 0 Å². The van der Waals surface area contributed by atoms with Gasteiger partial charge in [-0.05, 0) is 18.2 Å². The lowest BCUT2D eigenvalue weighted by atomic mass is 10.2. The van der Waals surface area contributed by atoms with Crippen molar-refractivity contribution in [2.24, 2.45) is 0 Å². The molecule has 0 aliphatic carbocycles. The maximum atomic E-state index is 11.7. The van der Waals surface area contributed by atoms with Gasteiger partial charge in [0.05, 0.1) is 22.3 Å². The van der Waals surface area contributed by atoms with E-state index in [1.807, 2.05) is 12.1 Å². The van der Waals surface area contributed by atoms with E-state index in [1.165, 1.54) is 11.3 Å². The molecule has 0 saturated carbocycles. The van der Waals surface area contributed by atoms with Crippen LogP contribution < -0.4 is 5.32 Å². The van der Waals surface area contributed by atoms with Crippen molar-refractivity contribution in [2.45, 2.75) is 0 Å². The maximum absolute atomic E-state index is 11.7. The Labute approximate surface area is 102 Å². The second kappa shape index (κ2) is 4.63. The van der Waals surface area contributed by atoms with Crippen LogP contribution >= 0.6 is 22.9 Å². The minimum absolute atomic E-state index is 0.155. The zero-order chi connectivity index (χ0) is 11.5. The third-order valence-electron chi connectivity index (χ3n) is 2.03. The Morgan fingerprint density at radius 1 is 1.56 bits per heavy atom. The Kier molecular flexibility index (Phi) is 3.22. The van der Waals surface area contributed by atoms with Crippen LogP contribution in [-0.2, 0) is 0 Å². The van der Waals surface area contributed by atoms with E-state index in [0.29, 0.717) is 10.6 Å². The molecule has 0 saturated heterocycles. The Balaban J connectivity index is 2.19. The lowest BCUT2D eigenvalue weighted by Gasteiger charge is -2.03. The summed E-state index contributed by atoms with van der Waals surface area (Å²) >= 11 is 7.08. The minimum atomic E-state index is -0.155. The molecule has 5 heteroatoms. The van der Waals surface area contributed by atoms with Crippen LogP contribution in [0.3, 0.4) is 0 Å². The molecular formula is C11H9ClN2OS. The standard InChI is InChI=1S/C11H9ClN2OS/c1-7(12)5-13-11(15)8-2-3-9-10(4-8)16-6-14-9/h2-4,6H,1,5H2,(H,13,15). The third kappa shape index (κ3) is 2.40. The van der Waals surface area contributed by atoms with E-state index in [9.17, 15) is 4.79 Å². The van der Waals surface area contributed by atoms with Crippen molar-refractivity contribution in [2.75, 3.05) is 6.54 Å². The Bertz CT molecular complexity index is 550. The van der Waals surface area contributed by atoms with E-state index in [4.69, 9.17) is 11.6 Å². The molecule has 0 atom stereocenters. The molecule has 2 rings (SSSR count). The number of hydrogen-bond donors (Lipinski definition) is 1. The number of carbonyl (C=O) groups excluding carboxylic acids is 1. The van der Waals surface area contributed by atoms with E-state index in [-0.39, 0.29) is 12.5 Å². The first-order chi connectivity index (χ1) is 7.66. The van der Waals surface area contributed by atoms with Crippen molar-refractivity contribution in [1.29, 1.82) is 0 Å². The summed E-state index contributed by atoms with van der Waals surface area (Å²) in [5, 5.41) is 3.08. The maximum Gasteiger partial charge on any atom is 0.251 e. The summed E-state index contributed by atoms with van der Waals surface area (Å²) in [4.78, 5) is 15.8. The molecule has 0 unspecified atom stereocenters. The molecule has 1 N–H and O–H groups in total. The molecule has 0 aliphatic rings. The van der Waals surface area contributed by atoms with E-state index >= 15 is 0 Å². The van der Waals surface area contributed by atoms with E-state index in [2.05, 4.69) is 16.9 Å². The van der Waals surface area contributed by atoms with Gasteiger partial charge in [-0.1, -0.05) is 18.2 Å². The fraction of sp³-hybridized carbons (Fsp3) is 0.0909. The van der Waals surface area contributed by atoms with Crippen molar-refractivity contribution in [3.05, 3.63) is 40.9 Å². The number of nitrogens with one attached hydrogen (secondary N) is 1. The second-order valence-corrected chi connectivity index (χ2v) is 4.66. The van der Waals surface area contributed by atoms with Gasteiger partial charge in [-0.3, -0.25) is 4.79 Å². The number of rotatable bonds is 3. The summed E-state index contributed by atoms with van der Waals surface area (Å²) < 4.78 is 0.998. The van der Waals surface area contributed by atoms with Crippen LogP contribution in [0, 0.1) is 0 Å². The highest BCUT2D eigenvalue weighted by molar-refractivity contribution is 7.16. The van der Waals surface area contributed by atoms with Crippen molar-refractivity contribution in [3.63, 3.8) is 0 Å². The van der Waals surface area contributed by atoms with Crippen LogP contribution in [0.25, 0.3) is 10.2 Å². The zero-order valence-corrected chi connectivity index (χ0v) is 9.94. The normalized spacial score (nSPS) is 10.3. The van der Waals surface area contributed by atoms with Crippen LogP contribution in [-0.4, -0.2) is 17.4 Å². The Morgan fingerprint density at radius 3 is 3.12 bits per heavy atom. The van der Waals surface area contributed by atoms with Gasteiger partial charge in [-0.15, -0.1) is 11.3 Å². The van der Waals surface area contributed by atoms with Crippen molar-refractivity contribution in [1.82, 2.24) is 10.3 Å². The van der Waals surface area contributed by atoms with Crippen LogP contribution in [0.5, 0.6) is 0 Å². The molecular weight excluding hydrogens is 244 g/mol. The minimum Gasteiger partial charge on any atom is -0.347 e. The van der Waals surface area contributed by atoms with E-state index in [1.54, 1.807) is 11.6 Å². The van der Waals surface area contributed by atoms with Crippen molar-refractivity contribution in [3.8, 4) is 0 Å². The number of hydrogen-bond acceptors (Lipinski definition) is 3. The molecule has 0 spiro atoms. The van der Waals surface area contributed by atoms with Crippen LogP contribution in [0.4, 0.5) is 0 Å². The van der Waals surface area contributed by atoms with Gasteiger partial charge in [0, 0.05) is 10.6 Å². The predicted octanol–water partition coefficient (Wildman–Crippen LogP) is 2.78. The van der Waals surface area contributed by atoms with E-state index < -0.39 is 0 Å². The summed E-state index contributed by atoms with van der Waals surface area (Å²) in [6, 6.07) is 5.39. The molecule has 0 fully saturated rings. The van der Waals surface area contributed by atoms with Gasteiger partial charge in [0.1, 0.15) is 0 Å². The van der Waals surface area contributed by atoms with Gasteiger partial charge in [0.25, 0.3) is 5.91 Å². The SMILES string of the molecule is C=C(Cl)CNC(=O)c1ccc2ncsc2c1. The first-order valence-corrected chi connectivity index (χ1v) is 5.87. The predicted molar refractivity (Wildman–Crippen MR) is 66.9 cm³/mol. The van der Waals surface area contributed by atoms with Crippen LogP contribution in [0.15, 0.2) is 35.3 Å². The quantitative estimate of drug-likeness (QED) is 0.913. The highest BCUT2D eigenvalue weighted by Gasteiger charge is 2.06. The third-order valence-corrected chi connectivity index (χ3v) is 2.96. The molecule has 2 aromatic rings. The number of fused-ring (bicyclic) bond motifs is 1. The molecule has 82 valence electrons. The second-order valence-electron chi connectivity index (χ2n) is 3.23. The average molecular weight is 253 g/mol. The van der Waals surface area contributed by atoms with Gasteiger partial charge < -0.3 is 5.32 Å². The monoisotopic (exact) mass is 252 g/mol. The molecule has 1 amide bonds. The lowest BCUT2D eigenvalue weighted by Crippen LogP contribution is -2.24. The first kappa shape index (κ1) is 11.1. The first-order valence-electron chi connectivity index (χ1n) is 4.61. The molecule has 1 heterocycles. The number of halogens is 1. The number of benzene rings is 1. The largest absolute Gasteiger partial charge is 0.347 e. The summed E-state index contributed by atoms with van der Waals surface area (Å²) in [6.45, 7) is 3.78. The smallest absolute Gasteiger partial charge is 0.251 e. The number of aromatic nitrogens is 1. The fourth-order valence-electron chi connectivity index (χ4n) is 1.27. The molecule has 16 heavy (non-hydrogen) atoms. The fourth-order valence-corrected chi connectivity index (χ4v) is 2.06. The molecule has 1 aromatic carbocycles. The topological polar surface area (TPSA) is 42.0 Å². The molecule has 0 radical (unpaired) electrons. The van der Waals surface area contributed by atoms with Gasteiger partial charge in [0.15, 0.2) is 0 Å². The summed E-state index contributed by atoms with van der Waals surface area (Å²) in [7, 11) is 0. The van der Waals surface area contributed by atoms with Gasteiger partial charge in [-0.25, -0.2) is 4.98 Å². The number of amides is 1. The number of carbonyl (C=O) groups is 1. The van der Waals surface area contributed by atoms with E-state index in [0.717, 1.165) is 10.2 Å². The van der Waals surface area contributed by atoms with Gasteiger partial charge in [-0.2, -0.15) is 0 Å². The average Bonchev–Trinajstić information content (AvgIpc) is 2.72. The molecule has 0 aliphatic heterocycles. The summed E-state index contributed by atoms with van der Waals surface area (Å²) in [6.07, 6.45) is 0. The Hall–Kier alpha value is -1.39. The molecule has 3 nitrogen and oxygen atoms in total. The van der Waals surface area contributed by atoms with Gasteiger partial charge >= 0.3 is 0 Å². The zero-order valence-electron chi connectivity index (χ0n) is 8.37. The summed E-state index contributed by atoms with van der Waals surface area (Å²) in [5.41, 5.74) is 3.27. The van der Waals surface area contributed by atoms with Crippen LogP contribution in [0.1, 0.15) is 10.4 Å². The summed E-state index contributed by atoms with van der Waals surface area (Å²) in [5.74, 6) is -0.155. The lowest BCUT2D eigenvalue weighted by molar-refractivity contribution is 0.0958. The number of nitrogens with zero attached hydrogens (tertiary/aromatic N) is 1. The van der Waals surface area contributed by atoms with Crippen molar-refractivity contribution >= 4 is 39.1 Å².